The third-order valence-electron chi connectivity index (χ3n) is 8.13. The van der Waals surface area contributed by atoms with E-state index in [-0.39, 0.29) is 0 Å². The Balaban J connectivity index is 1.72. The van der Waals surface area contributed by atoms with Crippen LogP contribution in [0.4, 0.5) is 0 Å². The topological polar surface area (TPSA) is 13.1 Å². The molecule has 5 heterocycles. The quantitative estimate of drug-likeness (QED) is 0.174. The van der Waals surface area contributed by atoms with Crippen LogP contribution >= 0.6 is 0 Å². The Bertz CT molecular complexity index is 2250. The maximum Gasteiger partial charge on any atom is 0.292 e. The van der Waals surface area contributed by atoms with Gasteiger partial charge in [0.2, 0.25) is 11.0 Å². The number of pyridine rings is 4. The van der Waals surface area contributed by atoms with Crippen molar-refractivity contribution in [2.24, 2.45) is 5.92 Å². The molecule has 182 valence electrons. The molecule has 0 amide bonds. The molecule has 0 unspecified atom stereocenters. The van der Waals surface area contributed by atoms with Crippen LogP contribution in [0.1, 0.15) is 19.4 Å². The average Bonchev–Trinajstić information content (AvgIpc) is 3.24. The molecule has 0 N–H and O–H groups in total. The first-order valence-electron chi connectivity index (χ1n) is 13.5. The van der Waals surface area contributed by atoms with Gasteiger partial charge in [0.25, 0.3) is 11.0 Å². The van der Waals surface area contributed by atoms with E-state index in [2.05, 4.69) is 138 Å². The van der Waals surface area contributed by atoms with Crippen LogP contribution in [0, 0.1) is 12.8 Å². The Morgan fingerprint density at radius 2 is 1.29 bits per heavy atom. The van der Waals surface area contributed by atoms with E-state index < -0.39 is 0 Å². The van der Waals surface area contributed by atoms with Gasteiger partial charge in [0.15, 0.2) is 12.4 Å². The van der Waals surface area contributed by atoms with Crippen molar-refractivity contribution in [2.45, 2.75) is 27.3 Å². The largest absolute Gasteiger partial charge is 0.340 e. The van der Waals surface area contributed by atoms with Gasteiger partial charge in [-0.15, -0.1) is 0 Å². The molecule has 0 aliphatic heterocycles. The van der Waals surface area contributed by atoms with Crippen LogP contribution in [0.3, 0.4) is 0 Å². The highest BCUT2D eigenvalue weighted by Gasteiger charge is 2.28. The molecule has 38 heavy (non-hydrogen) atoms. The van der Waals surface area contributed by atoms with Crippen molar-refractivity contribution < 1.29 is 8.80 Å². The van der Waals surface area contributed by atoms with E-state index in [0.29, 0.717) is 5.92 Å². The lowest BCUT2D eigenvalue weighted by Crippen LogP contribution is -2.31. The van der Waals surface area contributed by atoms with Gasteiger partial charge < -0.3 is 4.57 Å². The highest BCUT2D eigenvalue weighted by molar-refractivity contribution is 6.21. The van der Waals surface area contributed by atoms with Gasteiger partial charge in [0, 0.05) is 52.6 Å². The zero-order chi connectivity index (χ0) is 25.5. The summed E-state index contributed by atoms with van der Waals surface area (Å²) in [5.74, 6) is 0.556. The minimum Gasteiger partial charge on any atom is -0.340 e. The van der Waals surface area contributed by atoms with Gasteiger partial charge in [-0.1, -0.05) is 44.2 Å². The fourth-order valence-electron chi connectivity index (χ4n) is 6.59. The minimum absolute atomic E-state index is 0.556. The van der Waals surface area contributed by atoms with Crippen molar-refractivity contribution in [1.29, 1.82) is 0 Å². The van der Waals surface area contributed by atoms with Gasteiger partial charge in [-0.05, 0) is 54.8 Å². The molecule has 0 aliphatic carbocycles. The first-order valence-corrected chi connectivity index (χ1v) is 13.5. The lowest BCUT2D eigenvalue weighted by Gasteiger charge is -2.11. The number of para-hydroxylation sites is 1. The zero-order valence-electron chi connectivity index (χ0n) is 21.9. The van der Waals surface area contributed by atoms with Gasteiger partial charge in [-0.25, -0.2) is 0 Å². The molecule has 0 atom stereocenters. The van der Waals surface area contributed by atoms with Crippen LogP contribution in [0.5, 0.6) is 0 Å². The molecule has 0 radical (unpaired) electrons. The molecule has 3 nitrogen and oxygen atoms in total. The number of hydrogen-bond donors (Lipinski definition) is 0. The highest BCUT2D eigenvalue weighted by Crippen LogP contribution is 2.37. The summed E-state index contributed by atoms with van der Waals surface area (Å²) in [4.78, 5) is 0. The molecule has 5 aromatic heterocycles. The molecular weight excluding hydrogens is 462 g/mol. The van der Waals surface area contributed by atoms with Crippen molar-refractivity contribution in [3.05, 3.63) is 109 Å². The average molecular weight is 492 g/mol. The normalized spacial score (nSPS) is 12.4. The summed E-state index contributed by atoms with van der Waals surface area (Å²) in [6.07, 6.45) is 4.47. The molecule has 3 aromatic carbocycles. The molecule has 3 heteroatoms. The van der Waals surface area contributed by atoms with Gasteiger partial charge in [0.05, 0.1) is 21.5 Å². The summed E-state index contributed by atoms with van der Waals surface area (Å²) in [6.45, 7) is 7.79. The molecule has 0 saturated heterocycles. The van der Waals surface area contributed by atoms with E-state index in [1.807, 2.05) is 0 Å². The highest BCUT2D eigenvalue weighted by atomic mass is 15.0. The fraction of sp³-hybridized carbons (Fsp3) is 0.143. The summed E-state index contributed by atoms with van der Waals surface area (Å²) in [7, 11) is 0. The zero-order valence-corrected chi connectivity index (χ0v) is 21.9. The second-order valence-electron chi connectivity index (χ2n) is 11.1. The molecule has 0 bridgehead atoms. The number of nitrogens with zero attached hydrogens (tertiary/aromatic N) is 3. The van der Waals surface area contributed by atoms with Crippen molar-refractivity contribution in [3.8, 4) is 0 Å². The summed E-state index contributed by atoms with van der Waals surface area (Å²) in [6, 6.07) is 33.7. The van der Waals surface area contributed by atoms with E-state index in [1.165, 1.54) is 71.0 Å². The number of aryl methyl sites for hydroxylation is 1. The predicted octanol–water partition coefficient (Wildman–Crippen LogP) is 7.70. The van der Waals surface area contributed by atoms with E-state index in [9.17, 15) is 0 Å². The molecule has 0 aliphatic rings. The van der Waals surface area contributed by atoms with E-state index >= 15 is 0 Å². The first kappa shape index (κ1) is 21.6. The lowest BCUT2D eigenvalue weighted by molar-refractivity contribution is -0.503. The van der Waals surface area contributed by atoms with Gasteiger partial charge in [-0.2, -0.15) is 8.80 Å². The maximum atomic E-state index is 2.52. The summed E-state index contributed by atoms with van der Waals surface area (Å²) >= 11 is 0. The van der Waals surface area contributed by atoms with E-state index in [1.54, 1.807) is 0 Å². The molecule has 8 aromatic rings. The SMILES string of the molecule is Cc1cc[n+]2c(c1)c1cc3c(cc1c1c2c2ccccc2c2cccc[n+]21)c1ccccc1n3CC(C)C. The van der Waals surface area contributed by atoms with Crippen molar-refractivity contribution in [3.63, 3.8) is 0 Å². The first-order chi connectivity index (χ1) is 18.6. The van der Waals surface area contributed by atoms with Crippen LogP contribution in [0.25, 0.3) is 65.4 Å². The van der Waals surface area contributed by atoms with Gasteiger partial charge in [0.1, 0.15) is 0 Å². The number of benzene rings is 3. The fourth-order valence-corrected chi connectivity index (χ4v) is 6.59. The Morgan fingerprint density at radius 1 is 0.579 bits per heavy atom. The van der Waals surface area contributed by atoms with Gasteiger partial charge >= 0.3 is 0 Å². The molecular formula is C35H29N3+2. The summed E-state index contributed by atoms with van der Waals surface area (Å²) in [5, 5.41) is 7.77. The van der Waals surface area contributed by atoms with E-state index in [0.717, 1.165) is 6.54 Å². The third kappa shape index (κ3) is 2.84. The minimum atomic E-state index is 0.556. The second kappa shape index (κ2) is 7.75. The maximum absolute atomic E-state index is 2.52. The summed E-state index contributed by atoms with van der Waals surface area (Å²) < 4.78 is 7.33. The van der Waals surface area contributed by atoms with Crippen molar-refractivity contribution in [2.75, 3.05) is 0 Å². The number of rotatable bonds is 2. The number of aromatic nitrogens is 3. The predicted molar refractivity (Wildman–Crippen MR) is 158 cm³/mol. The Labute approximate surface area is 220 Å². The Hall–Kier alpha value is -4.50. The lowest BCUT2D eigenvalue weighted by atomic mass is 10.00. The second-order valence-corrected chi connectivity index (χ2v) is 11.1. The molecule has 8 rings (SSSR count). The monoisotopic (exact) mass is 491 g/mol. The van der Waals surface area contributed by atoms with Crippen molar-refractivity contribution in [1.82, 2.24) is 4.57 Å². The number of hydrogen-bond acceptors (Lipinski definition) is 0. The Kier molecular flexibility index (Phi) is 4.40. The molecule has 0 fully saturated rings. The van der Waals surface area contributed by atoms with Crippen LogP contribution in [0.2, 0.25) is 0 Å². The third-order valence-corrected chi connectivity index (χ3v) is 8.13. The molecule has 0 saturated carbocycles. The van der Waals surface area contributed by atoms with Crippen LogP contribution in [-0.2, 0) is 6.54 Å². The van der Waals surface area contributed by atoms with Crippen molar-refractivity contribution >= 4 is 65.4 Å². The van der Waals surface area contributed by atoms with E-state index in [4.69, 9.17) is 0 Å². The standard InChI is InChI=1S/C35H29N3/c1-22(2)21-38-31-13-7-6-11-25(31)27-19-29-28(20-33(27)38)32-18-23(3)15-17-37(32)34-26-12-5-4-10-24(26)30-14-8-9-16-36(30)35(29)34/h4-20,22H,21H2,1-3H3/q+2. The van der Waals surface area contributed by atoms with Crippen LogP contribution in [0.15, 0.2) is 103 Å². The summed E-state index contributed by atoms with van der Waals surface area (Å²) in [5.41, 5.74) is 8.86. The van der Waals surface area contributed by atoms with Crippen LogP contribution < -0.4 is 8.80 Å². The smallest absolute Gasteiger partial charge is 0.292 e. The van der Waals surface area contributed by atoms with Crippen LogP contribution in [-0.4, -0.2) is 4.57 Å². The van der Waals surface area contributed by atoms with Gasteiger partial charge in [-0.3, -0.25) is 0 Å². The Morgan fingerprint density at radius 3 is 2.13 bits per heavy atom. The molecule has 0 spiro atoms. The number of fused-ring (bicyclic) bond motifs is 14.